The van der Waals surface area contributed by atoms with Crippen molar-refractivity contribution in [3.8, 4) is 0 Å². The minimum absolute atomic E-state index is 0.194. The molecule has 1 aromatic rings. The molecule has 2 rings (SSSR count). The Morgan fingerprint density at radius 2 is 2.00 bits per heavy atom. The van der Waals surface area contributed by atoms with E-state index < -0.39 is 6.09 Å². The van der Waals surface area contributed by atoms with Crippen molar-refractivity contribution in [2.24, 2.45) is 0 Å². The molecule has 7 heteroatoms. The van der Waals surface area contributed by atoms with Crippen LogP contribution in [-0.4, -0.2) is 37.0 Å². The number of unbranched alkanes of at least 4 members (excludes halogenated alkanes) is 1. The summed E-state index contributed by atoms with van der Waals surface area (Å²) in [6, 6.07) is 4.91. The van der Waals surface area contributed by atoms with Gasteiger partial charge in [-0.15, -0.1) is 0 Å². The van der Waals surface area contributed by atoms with Crippen molar-refractivity contribution in [3.63, 3.8) is 0 Å². The third kappa shape index (κ3) is 5.11. The number of hydrogen-bond acceptors (Lipinski definition) is 5. The second-order valence-electron chi connectivity index (χ2n) is 6.52. The predicted octanol–water partition coefficient (Wildman–Crippen LogP) is 6.06. The first kappa shape index (κ1) is 22.4. The molecule has 0 radical (unpaired) electrons. The van der Waals surface area contributed by atoms with Crippen LogP contribution in [0.15, 0.2) is 39.9 Å². The highest BCUT2D eigenvalue weighted by Crippen LogP contribution is 2.41. The predicted molar refractivity (Wildman–Crippen MR) is 117 cm³/mol. The molecule has 0 unspecified atom stereocenters. The first-order valence-electron chi connectivity index (χ1n) is 9.39. The summed E-state index contributed by atoms with van der Waals surface area (Å²) in [5, 5.41) is 1.34. The molecule has 0 aliphatic carbocycles. The lowest BCUT2D eigenvalue weighted by molar-refractivity contribution is 0.104. The Balaban J connectivity index is 2.37. The summed E-state index contributed by atoms with van der Waals surface area (Å²) in [5.74, 6) is -0.194. The number of amides is 1. The SMILES string of the molecule is CCCCN1C(C)=C(C)S/C1=C\C(=O)c1cc(Cl)ccc1N(C)C(=O)OCC. The lowest BCUT2D eigenvalue weighted by Gasteiger charge is -2.22. The van der Waals surface area contributed by atoms with E-state index in [0.717, 1.165) is 24.4 Å². The van der Waals surface area contributed by atoms with E-state index in [1.807, 2.05) is 0 Å². The maximum Gasteiger partial charge on any atom is 0.414 e. The first-order valence-corrected chi connectivity index (χ1v) is 10.6. The second kappa shape index (κ2) is 10.0. The molecule has 5 nitrogen and oxygen atoms in total. The highest BCUT2D eigenvalue weighted by Gasteiger charge is 2.25. The number of anilines is 1. The summed E-state index contributed by atoms with van der Waals surface area (Å²) >= 11 is 7.73. The maximum absolute atomic E-state index is 13.1. The van der Waals surface area contributed by atoms with Crippen LogP contribution in [-0.2, 0) is 4.74 Å². The van der Waals surface area contributed by atoms with Gasteiger partial charge in [0, 0.05) is 40.9 Å². The molecule has 0 fully saturated rings. The highest BCUT2D eigenvalue weighted by atomic mass is 35.5. The smallest absolute Gasteiger partial charge is 0.414 e. The Labute approximate surface area is 176 Å². The van der Waals surface area contributed by atoms with Gasteiger partial charge in [0.25, 0.3) is 0 Å². The van der Waals surface area contributed by atoms with Gasteiger partial charge in [-0.25, -0.2) is 4.79 Å². The fourth-order valence-electron chi connectivity index (χ4n) is 2.85. The summed E-state index contributed by atoms with van der Waals surface area (Å²) in [4.78, 5) is 29.9. The Kier molecular flexibility index (Phi) is 8.01. The monoisotopic (exact) mass is 422 g/mol. The van der Waals surface area contributed by atoms with Crippen molar-refractivity contribution in [1.29, 1.82) is 0 Å². The van der Waals surface area contributed by atoms with Crippen molar-refractivity contribution < 1.29 is 14.3 Å². The van der Waals surface area contributed by atoms with Gasteiger partial charge in [-0.05, 0) is 45.4 Å². The zero-order valence-electron chi connectivity index (χ0n) is 17.0. The molecule has 152 valence electrons. The van der Waals surface area contributed by atoms with Crippen LogP contribution < -0.4 is 4.90 Å². The number of carbonyl (C=O) groups is 2. The minimum Gasteiger partial charge on any atom is -0.449 e. The van der Waals surface area contributed by atoms with Crippen molar-refractivity contribution >= 4 is 40.9 Å². The van der Waals surface area contributed by atoms with Crippen molar-refractivity contribution in [2.75, 3.05) is 25.1 Å². The first-order chi connectivity index (χ1) is 13.3. The number of thioether (sulfide) groups is 1. The van der Waals surface area contributed by atoms with E-state index in [2.05, 4.69) is 25.7 Å². The van der Waals surface area contributed by atoms with Gasteiger partial charge in [0.05, 0.1) is 17.3 Å². The van der Waals surface area contributed by atoms with Crippen LogP contribution in [0.1, 0.15) is 50.9 Å². The lowest BCUT2D eigenvalue weighted by Crippen LogP contribution is -2.28. The van der Waals surface area contributed by atoms with Crippen LogP contribution in [0.5, 0.6) is 0 Å². The van der Waals surface area contributed by atoms with E-state index in [1.165, 1.54) is 15.5 Å². The Hall–Kier alpha value is -1.92. The Morgan fingerprint density at radius 3 is 2.64 bits per heavy atom. The molecular weight excluding hydrogens is 396 g/mol. The molecule has 0 saturated heterocycles. The number of nitrogens with zero attached hydrogens (tertiary/aromatic N) is 2. The standard InChI is InChI=1S/C21H27ClN2O3S/c1-6-8-11-24-14(3)15(4)28-20(24)13-19(25)17-12-16(22)9-10-18(17)23(5)21(26)27-7-2/h9-10,12-13H,6-8,11H2,1-5H3/b20-13-. The summed E-state index contributed by atoms with van der Waals surface area (Å²) in [6.45, 7) is 9.15. The van der Waals surface area contributed by atoms with Gasteiger partial charge in [-0.2, -0.15) is 0 Å². The Bertz CT molecular complexity index is 820. The number of carbonyl (C=O) groups excluding carboxylic acids is 2. The van der Waals surface area contributed by atoms with E-state index in [9.17, 15) is 9.59 Å². The van der Waals surface area contributed by atoms with E-state index in [1.54, 1.807) is 50.0 Å². The molecule has 0 spiro atoms. The van der Waals surface area contributed by atoms with E-state index in [0.29, 0.717) is 16.3 Å². The number of halogens is 1. The van der Waals surface area contributed by atoms with E-state index in [-0.39, 0.29) is 12.4 Å². The average molecular weight is 423 g/mol. The maximum atomic E-state index is 13.1. The molecule has 1 aromatic carbocycles. The summed E-state index contributed by atoms with van der Waals surface area (Å²) < 4.78 is 5.05. The average Bonchev–Trinajstić information content (AvgIpc) is 2.92. The van der Waals surface area contributed by atoms with Gasteiger partial charge < -0.3 is 9.64 Å². The molecule has 0 aromatic heterocycles. The molecule has 1 aliphatic heterocycles. The fourth-order valence-corrected chi connectivity index (χ4v) is 4.10. The van der Waals surface area contributed by atoms with Crippen LogP contribution in [0, 0.1) is 0 Å². The zero-order valence-corrected chi connectivity index (χ0v) is 18.6. The van der Waals surface area contributed by atoms with E-state index in [4.69, 9.17) is 16.3 Å². The highest BCUT2D eigenvalue weighted by molar-refractivity contribution is 8.06. The fraction of sp³-hybridized carbons (Fsp3) is 0.429. The van der Waals surface area contributed by atoms with Gasteiger partial charge in [0.2, 0.25) is 0 Å². The summed E-state index contributed by atoms with van der Waals surface area (Å²) in [7, 11) is 1.58. The lowest BCUT2D eigenvalue weighted by atomic mass is 10.1. The molecule has 0 atom stereocenters. The van der Waals surface area contributed by atoms with Crippen LogP contribution >= 0.6 is 23.4 Å². The summed E-state index contributed by atoms with van der Waals surface area (Å²) in [5.41, 5.74) is 2.01. The molecule has 28 heavy (non-hydrogen) atoms. The van der Waals surface area contributed by atoms with Gasteiger partial charge >= 0.3 is 6.09 Å². The number of ether oxygens (including phenoxy) is 1. The largest absolute Gasteiger partial charge is 0.449 e. The number of hydrogen-bond donors (Lipinski definition) is 0. The van der Waals surface area contributed by atoms with E-state index >= 15 is 0 Å². The normalized spacial score (nSPS) is 15.4. The number of benzene rings is 1. The number of rotatable bonds is 7. The number of allylic oxidation sites excluding steroid dienone is 3. The molecule has 0 bridgehead atoms. The molecule has 0 saturated carbocycles. The second-order valence-corrected chi connectivity index (χ2v) is 8.19. The minimum atomic E-state index is -0.514. The van der Waals surface area contributed by atoms with Gasteiger partial charge in [0.15, 0.2) is 5.78 Å². The summed E-state index contributed by atoms with van der Waals surface area (Å²) in [6.07, 6.45) is 3.25. The number of ketones is 1. The van der Waals surface area contributed by atoms with Crippen LogP contribution in [0.3, 0.4) is 0 Å². The van der Waals surface area contributed by atoms with Crippen molar-refractivity contribution in [1.82, 2.24) is 4.90 Å². The third-order valence-electron chi connectivity index (χ3n) is 4.56. The molecule has 1 aliphatic rings. The van der Waals surface area contributed by atoms with Crippen LogP contribution in [0.4, 0.5) is 10.5 Å². The van der Waals surface area contributed by atoms with Gasteiger partial charge in [0.1, 0.15) is 0 Å². The zero-order chi connectivity index (χ0) is 20.8. The third-order valence-corrected chi connectivity index (χ3v) is 5.94. The molecular formula is C21H27ClN2O3S. The van der Waals surface area contributed by atoms with Gasteiger partial charge in [-0.3, -0.25) is 9.69 Å². The Morgan fingerprint density at radius 1 is 1.29 bits per heavy atom. The molecule has 1 amide bonds. The van der Waals surface area contributed by atoms with Gasteiger partial charge in [-0.1, -0.05) is 36.7 Å². The van der Waals surface area contributed by atoms with Crippen LogP contribution in [0.2, 0.25) is 5.02 Å². The van der Waals surface area contributed by atoms with Crippen LogP contribution in [0.25, 0.3) is 0 Å². The molecule has 0 N–H and O–H groups in total. The topological polar surface area (TPSA) is 49.9 Å². The molecule has 1 heterocycles. The van der Waals surface area contributed by atoms with Crippen molar-refractivity contribution in [3.05, 3.63) is 50.5 Å². The van der Waals surface area contributed by atoms with Crippen molar-refractivity contribution in [2.45, 2.75) is 40.5 Å². The quantitative estimate of drug-likeness (QED) is 0.395.